The van der Waals surface area contributed by atoms with Gasteiger partial charge in [0.05, 0.1) is 5.56 Å². The van der Waals surface area contributed by atoms with Crippen molar-refractivity contribution in [2.75, 3.05) is 24.5 Å². The van der Waals surface area contributed by atoms with Gasteiger partial charge in [-0.1, -0.05) is 49.1 Å². The second kappa shape index (κ2) is 10.9. The van der Waals surface area contributed by atoms with Crippen LogP contribution in [0.3, 0.4) is 0 Å². The Kier molecular flexibility index (Phi) is 7.69. The number of carbonyl (C=O) groups is 2. The van der Waals surface area contributed by atoms with Crippen LogP contribution in [0.25, 0.3) is 0 Å². The number of anilines is 1. The Morgan fingerprint density at radius 2 is 1.61 bits per heavy atom. The molecule has 0 spiro atoms. The molecule has 1 aliphatic carbocycles. The van der Waals surface area contributed by atoms with E-state index in [-0.39, 0.29) is 17.9 Å². The molecule has 1 saturated carbocycles. The normalized spacial score (nSPS) is 17.6. The van der Waals surface area contributed by atoms with Gasteiger partial charge in [-0.25, -0.2) is 0 Å². The molecule has 0 atom stereocenters. The topological polar surface area (TPSA) is 52.7 Å². The maximum absolute atomic E-state index is 13.6. The van der Waals surface area contributed by atoms with Crippen LogP contribution in [0.1, 0.15) is 78.1 Å². The Morgan fingerprint density at radius 3 is 2.27 bits per heavy atom. The van der Waals surface area contributed by atoms with Gasteiger partial charge in [-0.15, -0.1) is 0 Å². The van der Waals surface area contributed by atoms with Gasteiger partial charge in [-0.05, 0) is 63.8 Å². The minimum Gasteiger partial charge on any atom is -0.371 e. The number of carbonyl (C=O) groups excluding carboxylic acids is 2. The van der Waals surface area contributed by atoms with Crippen LogP contribution in [-0.2, 0) is 0 Å². The monoisotopic (exact) mass is 447 g/mol. The number of hydrogen-bond donors (Lipinski definition) is 1. The SMILES string of the molecule is CCN(C(=O)c1ccccc1N1CCC(NC(=O)c2ccc(C)cc2)CC1)C1CCCCC1. The van der Waals surface area contributed by atoms with E-state index in [0.717, 1.165) is 62.1 Å². The molecule has 33 heavy (non-hydrogen) atoms. The average molecular weight is 448 g/mol. The maximum Gasteiger partial charge on any atom is 0.256 e. The van der Waals surface area contributed by atoms with Crippen LogP contribution in [0.5, 0.6) is 0 Å². The van der Waals surface area contributed by atoms with Crippen molar-refractivity contribution < 1.29 is 9.59 Å². The predicted molar refractivity (Wildman–Crippen MR) is 134 cm³/mol. The summed E-state index contributed by atoms with van der Waals surface area (Å²) >= 11 is 0. The molecule has 1 N–H and O–H groups in total. The van der Waals surface area contributed by atoms with Gasteiger partial charge in [0.1, 0.15) is 0 Å². The van der Waals surface area contributed by atoms with E-state index in [9.17, 15) is 9.59 Å². The number of rotatable bonds is 6. The summed E-state index contributed by atoms with van der Waals surface area (Å²) in [6.07, 6.45) is 7.71. The Bertz CT molecular complexity index is 942. The third-order valence-electron chi connectivity index (χ3n) is 7.24. The third-order valence-corrected chi connectivity index (χ3v) is 7.24. The molecule has 0 aromatic heterocycles. The lowest BCUT2D eigenvalue weighted by Crippen LogP contribution is -2.46. The lowest BCUT2D eigenvalue weighted by molar-refractivity contribution is 0.0648. The fraction of sp³-hybridized carbons (Fsp3) is 0.500. The van der Waals surface area contributed by atoms with Gasteiger partial charge in [-0.2, -0.15) is 0 Å². The number of nitrogens with zero attached hydrogens (tertiary/aromatic N) is 2. The molecular formula is C28H37N3O2. The number of nitrogens with one attached hydrogen (secondary N) is 1. The number of hydrogen-bond acceptors (Lipinski definition) is 3. The van der Waals surface area contributed by atoms with Crippen LogP contribution < -0.4 is 10.2 Å². The molecule has 176 valence electrons. The summed E-state index contributed by atoms with van der Waals surface area (Å²) in [5.74, 6) is 0.157. The Balaban J connectivity index is 1.40. The highest BCUT2D eigenvalue weighted by molar-refractivity contribution is 6.00. The highest BCUT2D eigenvalue weighted by Crippen LogP contribution is 2.29. The van der Waals surface area contributed by atoms with E-state index in [1.165, 1.54) is 19.3 Å². The van der Waals surface area contributed by atoms with Crippen molar-refractivity contribution >= 4 is 17.5 Å². The largest absolute Gasteiger partial charge is 0.371 e. The van der Waals surface area contributed by atoms with Crippen molar-refractivity contribution in [1.29, 1.82) is 0 Å². The van der Waals surface area contributed by atoms with Gasteiger partial charge in [0.2, 0.25) is 0 Å². The van der Waals surface area contributed by atoms with Crippen LogP contribution in [0.4, 0.5) is 5.69 Å². The molecule has 2 aromatic rings. The van der Waals surface area contributed by atoms with Crippen LogP contribution in [-0.4, -0.2) is 48.4 Å². The molecule has 4 rings (SSSR count). The zero-order chi connectivity index (χ0) is 23.2. The van der Waals surface area contributed by atoms with E-state index in [4.69, 9.17) is 0 Å². The van der Waals surface area contributed by atoms with Crippen LogP contribution >= 0.6 is 0 Å². The molecule has 0 bridgehead atoms. The summed E-state index contributed by atoms with van der Waals surface area (Å²) in [6.45, 7) is 6.54. The van der Waals surface area contributed by atoms with Crippen molar-refractivity contribution in [3.8, 4) is 0 Å². The molecule has 1 saturated heterocycles. The van der Waals surface area contributed by atoms with E-state index in [2.05, 4.69) is 28.1 Å². The zero-order valence-electron chi connectivity index (χ0n) is 20.1. The summed E-state index contributed by atoms with van der Waals surface area (Å²) in [6, 6.07) is 16.3. The molecule has 2 aliphatic rings. The van der Waals surface area contributed by atoms with Gasteiger partial charge < -0.3 is 15.1 Å². The highest BCUT2D eigenvalue weighted by Gasteiger charge is 2.29. The van der Waals surface area contributed by atoms with Crippen molar-refractivity contribution in [2.45, 2.75) is 70.9 Å². The first-order valence-corrected chi connectivity index (χ1v) is 12.6. The number of para-hydroxylation sites is 1. The molecule has 5 nitrogen and oxygen atoms in total. The Morgan fingerprint density at radius 1 is 0.939 bits per heavy atom. The minimum absolute atomic E-state index is 0.00454. The van der Waals surface area contributed by atoms with Crippen LogP contribution in [0, 0.1) is 6.92 Å². The van der Waals surface area contributed by atoms with E-state index >= 15 is 0 Å². The smallest absolute Gasteiger partial charge is 0.256 e. The van der Waals surface area contributed by atoms with Crippen molar-refractivity contribution in [3.05, 3.63) is 65.2 Å². The quantitative estimate of drug-likeness (QED) is 0.663. The second-order valence-electron chi connectivity index (χ2n) is 9.50. The predicted octanol–water partition coefficient (Wildman–Crippen LogP) is 5.19. The Hall–Kier alpha value is -2.82. The number of aryl methyl sites for hydroxylation is 1. The average Bonchev–Trinajstić information content (AvgIpc) is 2.86. The summed E-state index contributed by atoms with van der Waals surface area (Å²) < 4.78 is 0. The molecule has 2 aromatic carbocycles. The van der Waals surface area contributed by atoms with Crippen molar-refractivity contribution in [1.82, 2.24) is 10.2 Å². The summed E-state index contributed by atoms with van der Waals surface area (Å²) in [7, 11) is 0. The van der Waals surface area contributed by atoms with E-state index in [1.807, 2.05) is 49.4 Å². The zero-order valence-corrected chi connectivity index (χ0v) is 20.1. The summed E-state index contributed by atoms with van der Waals surface area (Å²) in [4.78, 5) is 30.6. The fourth-order valence-corrected chi connectivity index (χ4v) is 5.28. The van der Waals surface area contributed by atoms with Gasteiger partial charge in [0.15, 0.2) is 0 Å². The van der Waals surface area contributed by atoms with Gasteiger partial charge in [0, 0.05) is 43.0 Å². The minimum atomic E-state index is -0.00454. The van der Waals surface area contributed by atoms with Crippen molar-refractivity contribution in [2.24, 2.45) is 0 Å². The molecule has 1 heterocycles. The highest BCUT2D eigenvalue weighted by atomic mass is 16.2. The van der Waals surface area contributed by atoms with Gasteiger partial charge in [-0.3, -0.25) is 9.59 Å². The molecule has 5 heteroatoms. The van der Waals surface area contributed by atoms with Crippen LogP contribution in [0.2, 0.25) is 0 Å². The van der Waals surface area contributed by atoms with Gasteiger partial charge in [0.25, 0.3) is 11.8 Å². The first-order chi connectivity index (χ1) is 16.1. The molecule has 0 unspecified atom stereocenters. The maximum atomic E-state index is 13.6. The van der Waals surface area contributed by atoms with E-state index < -0.39 is 0 Å². The summed E-state index contributed by atoms with van der Waals surface area (Å²) in [5, 5.41) is 3.19. The number of amides is 2. The lowest BCUT2D eigenvalue weighted by Gasteiger charge is -2.37. The van der Waals surface area contributed by atoms with Gasteiger partial charge >= 0.3 is 0 Å². The molecule has 0 radical (unpaired) electrons. The Labute approximate surface area is 198 Å². The number of piperidine rings is 1. The van der Waals surface area contributed by atoms with E-state index in [0.29, 0.717) is 11.6 Å². The first-order valence-electron chi connectivity index (χ1n) is 12.6. The second-order valence-corrected chi connectivity index (χ2v) is 9.50. The fourth-order valence-electron chi connectivity index (χ4n) is 5.28. The van der Waals surface area contributed by atoms with Crippen molar-refractivity contribution in [3.63, 3.8) is 0 Å². The molecule has 2 fully saturated rings. The van der Waals surface area contributed by atoms with Crippen LogP contribution in [0.15, 0.2) is 48.5 Å². The molecular weight excluding hydrogens is 410 g/mol. The summed E-state index contributed by atoms with van der Waals surface area (Å²) in [5.41, 5.74) is 3.70. The standard InChI is InChI=1S/C28H37N3O2/c1-3-31(24-9-5-4-6-10-24)28(33)25-11-7-8-12-26(25)30-19-17-23(18-20-30)29-27(32)22-15-13-21(2)14-16-22/h7-8,11-16,23-24H,3-6,9-10,17-20H2,1-2H3,(H,29,32). The molecule has 1 aliphatic heterocycles. The third kappa shape index (κ3) is 5.58. The first kappa shape index (κ1) is 23.3. The lowest BCUT2D eigenvalue weighted by atomic mass is 9.93. The molecule has 2 amide bonds. The number of benzene rings is 2. The van der Waals surface area contributed by atoms with E-state index in [1.54, 1.807) is 0 Å².